The molecule has 0 atom stereocenters. The normalized spacial score (nSPS) is 11.0. The number of esters is 1. The number of benzene rings is 3. The molecule has 0 aliphatic rings. The molecular formula is C32H37NO8. The molecule has 0 heterocycles. The molecule has 3 rings (SSSR count). The summed E-state index contributed by atoms with van der Waals surface area (Å²) in [5, 5.41) is 21.4. The van der Waals surface area contributed by atoms with E-state index in [0.717, 1.165) is 5.56 Å². The number of nitro benzene ring substituents is 1. The number of nitro groups is 1. The van der Waals surface area contributed by atoms with Crippen molar-refractivity contribution < 1.29 is 33.8 Å². The van der Waals surface area contributed by atoms with Gasteiger partial charge in [-0.1, -0.05) is 39.8 Å². The molecule has 0 spiro atoms. The molecule has 3 aromatic rings. The number of ether oxygens (including phenoxy) is 3. The molecule has 0 aliphatic carbocycles. The van der Waals surface area contributed by atoms with E-state index in [0.29, 0.717) is 54.6 Å². The maximum Gasteiger partial charge on any atom is 0.306 e. The fraction of sp³-hybridized carbons (Fsp3) is 0.375. The van der Waals surface area contributed by atoms with Crippen molar-refractivity contribution in [3.05, 3.63) is 93.0 Å². The summed E-state index contributed by atoms with van der Waals surface area (Å²) in [7, 11) is 0. The number of aryl methyl sites for hydroxylation is 1. The van der Waals surface area contributed by atoms with E-state index in [1.54, 1.807) is 36.4 Å². The summed E-state index contributed by atoms with van der Waals surface area (Å²) in [4.78, 5) is 35.9. The Kier molecular flexibility index (Phi) is 11.3. The van der Waals surface area contributed by atoms with Crippen LogP contribution in [-0.2, 0) is 22.4 Å². The third-order valence-corrected chi connectivity index (χ3v) is 6.09. The van der Waals surface area contributed by atoms with E-state index in [-0.39, 0.29) is 47.7 Å². The van der Waals surface area contributed by atoms with Gasteiger partial charge < -0.3 is 19.3 Å². The zero-order valence-corrected chi connectivity index (χ0v) is 23.9. The van der Waals surface area contributed by atoms with Gasteiger partial charge in [-0.2, -0.15) is 0 Å². The lowest BCUT2D eigenvalue weighted by atomic mass is 9.98. The highest BCUT2D eigenvalue weighted by atomic mass is 16.6. The van der Waals surface area contributed by atoms with E-state index in [4.69, 9.17) is 14.2 Å². The monoisotopic (exact) mass is 563 g/mol. The van der Waals surface area contributed by atoms with Crippen molar-refractivity contribution in [2.75, 3.05) is 19.8 Å². The van der Waals surface area contributed by atoms with Crippen LogP contribution in [0.1, 0.15) is 61.2 Å². The number of phenols is 1. The number of rotatable bonds is 15. The molecular weight excluding hydrogens is 526 g/mol. The van der Waals surface area contributed by atoms with E-state index in [1.807, 2.05) is 27.7 Å². The van der Waals surface area contributed by atoms with Crippen molar-refractivity contribution in [2.45, 2.75) is 47.0 Å². The van der Waals surface area contributed by atoms with Gasteiger partial charge in [0.2, 0.25) is 0 Å². The minimum Gasteiger partial charge on any atom is -0.507 e. The van der Waals surface area contributed by atoms with Gasteiger partial charge >= 0.3 is 5.97 Å². The smallest absolute Gasteiger partial charge is 0.306 e. The van der Waals surface area contributed by atoms with Crippen molar-refractivity contribution in [3.63, 3.8) is 0 Å². The average Bonchev–Trinajstić information content (AvgIpc) is 2.94. The molecule has 0 fully saturated rings. The van der Waals surface area contributed by atoms with Crippen LogP contribution in [0.25, 0.3) is 0 Å². The molecule has 0 aromatic heterocycles. The van der Waals surface area contributed by atoms with Gasteiger partial charge in [0.15, 0.2) is 5.78 Å². The number of nitrogens with zero attached hydrogens (tertiary/aromatic N) is 1. The van der Waals surface area contributed by atoms with Crippen LogP contribution in [0.4, 0.5) is 5.69 Å². The first kappa shape index (κ1) is 31.1. The van der Waals surface area contributed by atoms with Crippen LogP contribution in [0, 0.1) is 22.0 Å². The lowest BCUT2D eigenvalue weighted by Gasteiger charge is -2.15. The van der Waals surface area contributed by atoms with Crippen molar-refractivity contribution in [1.82, 2.24) is 0 Å². The highest BCUT2D eigenvalue weighted by Gasteiger charge is 2.18. The fourth-order valence-electron chi connectivity index (χ4n) is 3.90. The Morgan fingerprint density at radius 1 is 0.878 bits per heavy atom. The lowest BCUT2D eigenvalue weighted by Crippen LogP contribution is -2.12. The van der Waals surface area contributed by atoms with E-state index in [1.165, 1.54) is 24.3 Å². The maximum atomic E-state index is 13.3. The van der Waals surface area contributed by atoms with E-state index in [2.05, 4.69) is 0 Å². The Morgan fingerprint density at radius 3 is 2.22 bits per heavy atom. The number of carbonyl (C=O) groups is 2. The Balaban J connectivity index is 1.68. The SMILES string of the molecule is CC(C)COC(=O)CCc1cc(C(=O)c2ccc(OCCc3ccc([N+](=O)[O-])cc3)cc2O)ccc1OCC(C)C. The second-order valence-electron chi connectivity index (χ2n) is 10.6. The maximum absolute atomic E-state index is 13.3. The largest absolute Gasteiger partial charge is 0.507 e. The van der Waals surface area contributed by atoms with Crippen LogP contribution in [0.15, 0.2) is 60.7 Å². The van der Waals surface area contributed by atoms with Crippen LogP contribution in [0.3, 0.4) is 0 Å². The first-order valence-corrected chi connectivity index (χ1v) is 13.7. The first-order valence-electron chi connectivity index (χ1n) is 13.7. The summed E-state index contributed by atoms with van der Waals surface area (Å²) < 4.78 is 16.9. The number of hydrogen-bond donors (Lipinski definition) is 1. The van der Waals surface area contributed by atoms with Crippen molar-refractivity contribution >= 4 is 17.4 Å². The Morgan fingerprint density at radius 2 is 1.59 bits per heavy atom. The number of hydrogen-bond acceptors (Lipinski definition) is 8. The van der Waals surface area contributed by atoms with Crippen molar-refractivity contribution in [1.29, 1.82) is 0 Å². The zero-order chi connectivity index (χ0) is 29.9. The molecule has 0 bridgehead atoms. The van der Waals surface area contributed by atoms with Crippen molar-refractivity contribution in [3.8, 4) is 17.2 Å². The standard InChI is InChI=1S/C32H37NO8/c1-21(2)19-40-30-13-7-25(17-24(30)8-14-31(35)41-20-22(3)4)32(36)28-12-11-27(18-29(28)34)39-16-15-23-5-9-26(10-6-23)33(37)38/h5-7,9-13,17-18,21-22,34H,8,14-16,19-20H2,1-4H3. The third kappa shape index (κ3) is 9.63. The summed E-state index contributed by atoms with van der Waals surface area (Å²) in [6.07, 6.45) is 1.01. The summed E-state index contributed by atoms with van der Waals surface area (Å²) in [6.45, 7) is 9.13. The van der Waals surface area contributed by atoms with Crippen LogP contribution < -0.4 is 9.47 Å². The number of phenolic OH excluding ortho intramolecular Hbond substituents is 1. The van der Waals surface area contributed by atoms with Crippen molar-refractivity contribution in [2.24, 2.45) is 11.8 Å². The highest BCUT2D eigenvalue weighted by molar-refractivity contribution is 6.11. The van der Waals surface area contributed by atoms with E-state index >= 15 is 0 Å². The lowest BCUT2D eigenvalue weighted by molar-refractivity contribution is -0.384. The Labute approximate surface area is 240 Å². The quantitative estimate of drug-likeness (QED) is 0.0986. The fourth-order valence-corrected chi connectivity index (χ4v) is 3.90. The highest BCUT2D eigenvalue weighted by Crippen LogP contribution is 2.29. The van der Waals surface area contributed by atoms with E-state index < -0.39 is 4.92 Å². The molecule has 41 heavy (non-hydrogen) atoms. The average molecular weight is 564 g/mol. The van der Waals surface area contributed by atoms with Gasteiger partial charge in [0.25, 0.3) is 5.69 Å². The van der Waals surface area contributed by atoms with Gasteiger partial charge in [-0.3, -0.25) is 19.7 Å². The van der Waals surface area contributed by atoms with Crippen LogP contribution in [0.5, 0.6) is 17.2 Å². The number of ketones is 1. The van der Waals surface area contributed by atoms with Gasteiger partial charge in [0.1, 0.15) is 17.2 Å². The molecule has 0 saturated carbocycles. The molecule has 9 heteroatoms. The van der Waals surface area contributed by atoms with Gasteiger partial charge in [0.05, 0.1) is 30.3 Å². The van der Waals surface area contributed by atoms with Crippen LogP contribution in [0.2, 0.25) is 0 Å². The predicted octanol–water partition coefficient (Wildman–Crippen LogP) is 6.32. The topological polar surface area (TPSA) is 125 Å². The van der Waals surface area contributed by atoms with Gasteiger partial charge in [0, 0.05) is 36.6 Å². The minimum atomic E-state index is -0.452. The first-order chi connectivity index (χ1) is 19.5. The summed E-state index contributed by atoms with van der Waals surface area (Å²) in [5.74, 6) is 0.621. The second-order valence-corrected chi connectivity index (χ2v) is 10.6. The predicted molar refractivity (Wildman–Crippen MR) is 155 cm³/mol. The number of non-ortho nitro benzene ring substituents is 1. The molecule has 0 aliphatic heterocycles. The minimum absolute atomic E-state index is 0.0221. The zero-order valence-electron chi connectivity index (χ0n) is 23.9. The van der Waals surface area contributed by atoms with Gasteiger partial charge in [-0.15, -0.1) is 0 Å². The number of aromatic hydroxyl groups is 1. The van der Waals surface area contributed by atoms with Crippen LogP contribution in [-0.4, -0.2) is 41.6 Å². The second kappa shape index (κ2) is 14.8. The molecule has 0 unspecified atom stereocenters. The van der Waals surface area contributed by atoms with E-state index in [9.17, 15) is 24.8 Å². The molecule has 0 amide bonds. The molecule has 9 nitrogen and oxygen atoms in total. The van der Waals surface area contributed by atoms with Gasteiger partial charge in [-0.25, -0.2) is 0 Å². The molecule has 218 valence electrons. The van der Waals surface area contributed by atoms with Gasteiger partial charge in [-0.05, 0) is 59.7 Å². The van der Waals surface area contributed by atoms with Crippen LogP contribution >= 0.6 is 0 Å². The Hall–Kier alpha value is -4.40. The molecule has 0 saturated heterocycles. The third-order valence-electron chi connectivity index (χ3n) is 6.09. The summed E-state index contributed by atoms with van der Waals surface area (Å²) >= 11 is 0. The number of carbonyl (C=O) groups excluding carboxylic acids is 2. The molecule has 0 radical (unpaired) electrons. The summed E-state index contributed by atoms with van der Waals surface area (Å²) in [6, 6.07) is 15.8. The summed E-state index contributed by atoms with van der Waals surface area (Å²) in [5.41, 5.74) is 2.08. The molecule has 3 aromatic carbocycles. The molecule has 1 N–H and O–H groups in total. The Bertz CT molecular complexity index is 1350.